The molecule has 0 fully saturated rings. The van der Waals surface area contributed by atoms with Crippen LogP contribution in [0.15, 0.2) is 59.3 Å². The zero-order valence-electron chi connectivity index (χ0n) is 21.3. The SMILES string of the molecule is CCCNC(=O)c1ccc(-c2cc3c(cc2C(=O)Nc2ccc(C(N)=O)cc2)-c2cscc2CO3)c(C(=O)O)n1. The number of rotatable bonds is 8. The molecule has 3 heterocycles. The Morgan fingerprint density at radius 2 is 1.75 bits per heavy atom. The van der Waals surface area contributed by atoms with Crippen molar-refractivity contribution in [2.75, 3.05) is 11.9 Å². The maximum absolute atomic E-state index is 13.7. The summed E-state index contributed by atoms with van der Waals surface area (Å²) in [7, 11) is 0. The summed E-state index contributed by atoms with van der Waals surface area (Å²) in [6.45, 7) is 2.65. The number of nitrogens with zero attached hydrogens (tertiary/aromatic N) is 1. The fraction of sp³-hybridized carbons (Fsp3) is 0.138. The van der Waals surface area contributed by atoms with Gasteiger partial charge in [0, 0.05) is 51.2 Å². The van der Waals surface area contributed by atoms with Crippen molar-refractivity contribution in [3.8, 4) is 28.0 Å². The number of carbonyl (C=O) groups is 4. The minimum atomic E-state index is -1.35. The first-order valence-electron chi connectivity index (χ1n) is 12.4. The van der Waals surface area contributed by atoms with E-state index < -0.39 is 23.7 Å². The van der Waals surface area contributed by atoms with Crippen molar-refractivity contribution < 1.29 is 29.0 Å². The lowest BCUT2D eigenvalue weighted by Crippen LogP contribution is -2.25. The van der Waals surface area contributed by atoms with Gasteiger partial charge in [-0.3, -0.25) is 14.4 Å². The second-order valence-electron chi connectivity index (χ2n) is 9.04. The van der Waals surface area contributed by atoms with E-state index >= 15 is 0 Å². The molecule has 5 rings (SSSR count). The van der Waals surface area contributed by atoms with E-state index in [1.165, 1.54) is 35.6 Å². The number of carboxylic acid groups (broad SMARTS) is 1. The second-order valence-corrected chi connectivity index (χ2v) is 9.79. The lowest BCUT2D eigenvalue weighted by molar-refractivity contribution is 0.0690. The molecule has 4 aromatic rings. The zero-order chi connectivity index (χ0) is 28.4. The quantitative estimate of drug-likeness (QED) is 0.247. The summed E-state index contributed by atoms with van der Waals surface area (Å²) < 4.78 is 5.96. The normalized spacial score (nSPS) is 11.5. The molecule has 1 aliphatic heterocycles. The van der Waals surface area contributed by atoms with Gasteiger partial charge in [0.25, 0.3) is 11.8 Å². The highest BCUT2D eigenvalue weighted by Gasteiger charge is 2.27. The van der Waals surface area contributed by atoms with Crippen LogP contribution in [0.1, 0.15) is 60.6 Å². The molecule has 3 amide bonds. The first-order chi connectivity index (χ1) is 19.3. The molecule has 10 nitrogen and oxygen atoms in total. The zero-order valence-corrected chi connectivity index (χ0v) is 22.1. The van der Waals surface area contributed by atoms with Crippen LogP contribution in [0.3, 0.4) is 0 Å². The maximum Gasteiger partial charge on any atom is 0.355 e. The van der Waals surface area contributed by atoms with Crippen LogP contribution in [0.25, 0.3) is 22.3 Å². The van der Waals surface area contributed by atoms with E-state index in [0.29, 0.717) is 36.6 Å². The van der Waals surface area contributed by atoms with Gasteiger partial charge in [-0.1, -0.05) is 6.92 Å². The van der Waals surface area contributed by atoms with Crippen molar-refractivity contribution in [1.29, 1.82) is 0 Å². The number of pyridine rings is 1. The molecular weight excluding hydrogens is 532 g/mol. The molecule has 2 aromatic carbocycles. The predicted octanol–water partition coefficient (Wildman–Crippen LogP) is 4.56. The smallest absolute Gasteiger partial charge is 0.355 e. The predicted molar refractivity (Wildman–Crippen MR) is 150 cm³/mol. The monoisotopic (exact) mass is 556 g/mol. The summed E-state index contributed by atoms with van der Waals surface area (Å²) in [5, 5.41) is 19.4. The van der Waals surface area contributed by atoms with Crippen LogP contribution >= 0.6 is 11.3 Å². The number of nitrogens with one attached hydrogen (secondary N) is 2. The van der Waals surface area contributed by atoms with Gasteiger partial charge in [-0.15, -0.1) is 0 Å². The molecule has 1 aliphatic rings. The number of aromatic carboxylic acids is 1. The van der Waals surface area contributed by atoms with Gasteiger partial charge < -0.3 is 26.2 Å². The van der Waals surface area contributed by atoms with Crippen LogP contribution in [-0.4, -0.2) is 40.3 Å². The van der Waals surface area contributed by atoms with E-state index in [0.717, 1.165) is 11.1 Å². The van der Waals surface area contributed by atoms with Gasteiger partial charge in [0.15, 0.2) is 5.69 Å². The van der Waals surface area contributed by atoms with Gasteiger partial charge in [0.1, 0.15) is 18.1 Å². The van der Waals surface area contributed by atoms with Crippen molar-refractivity contribution in [1.82, 2.24) is 10.3 Å². The molecule has 2 aromatic heterocycles. The van der Waals surface area contributed by atoms with Crippen molar-refractivity contribution >= 4 is 40.7 Å². The number of hydrogen-bond donors (Lipinski definition) is 4. The third kappa shape index (κ3) is 5.14. The van der Waals surface area contributed by atoms with Crippen LogP contribution in [0.2, 0.25) is 0 Å². The molecule has 0 bridgehead atoms. The van der Waals surface area contributed by atoms with E-state index in [-0.39, 0.29) is 33.6 Å². The first-order valence-corrected chi connectivity index (χ1v) is 13.3. The van der Waals surface area contributed by atoms with Crippen molar-refractivity contribution in [3.63, 3.8) is 0 Å². The fourth-order valence-electron chi connectivity index (χ4n) is 4.36. The Balaban J connectivity index is 1.62. The molecule has 202 valence electrons. The molecule has 5 N–H and O–H groups in total. The highest BCUT2D eigenvalue weighted by Crippen LogP contribution is 2.43. The van der Waals surface area contributed by atoms with Gasteiger partial charge in [0.2, 0.25) is 5.91 Å². The van der Waals surface area contributed by atoms with E-state index in [9.17, 15) is 24.3 Å². The van der Waals surface area contributed by atoms with Crippen molar-refractivity contribution in [3.05, 3.63) is 87.4 Å². The minimum Gasteiger partial charge on any atom is -0.488 e. The lowest BCUT2D eigenvalue weighted by Gasteiger charge is -2.22. The largest absolute Gasteiger partial charge is 0.488 e. The molecule has 0 spiro atoms. The summed E-state index contributed by atoms with van der Waals surface area (Å²) in [5.74, 6) is -2.47. The molecule has 0 atom stereocenters. The number of carbonyl (C=O) groups excluding carboxylic acids is 3. The number of thiophene rings is 1. The molecular formula is C29H24N4O6S. The number of hydrogen-bond acceptors (Lipinski definition) is 7. The Kier molecular flexibility index (Phi) is 7.30. The summed E-state index contributed by atoms with van der Waals surface area (Å²) in [5.41, 5.74) is 8.78. The lowest BCUT2D eigenvalue weighted by atomic mass is 9.91. The molecule has 0 aliphatic carbocycles. The number of aromatic nitrogens is 1. The van der Waals surface area contributed by atoms with Crippen LogP contribution in [0.4, 0.5) is 5.69 Å². The van der Waals surface area contributed by atoms with E-state index in [2.05, 4.69) is 15.6 Å². The molecule has 0 saturated carbocycles. The van der Waals surface area contributed by atoms with E-state index in [4.69, 9.17) is 10.5 Å². The molecule has 40 heavy (non-hydrogen) atoms. The van der Waals surface area contributed by atoms with Crippen LogP contribution in [0.5, 0.6) is 5.75 Å². The topological polar surface area (TPSA) is 161 Å². The average Bonchev–Trinajstić information content (AvgIpc) is 3.44. The summed E-state index contributed by atoms with van der Waals surface area (Å²) >= 11 is 1.51. The number of fused-ring (bicyclic) bond motifs is 3. The minimum absolute atomic E-state index is 0.0488. The molecule has 11 heteroatoms. The van der Waals surface area contributed by atoms with Crippen LogP contribution < -0.4 is 21.1 Å². The summed E-state index contributed by atoms with van der Waals surface area (Å²) in [6, 6.07) is 12.3. The Bertz CT molecular complexity index is 1660. The third-order valence-electron chi connectivity index (χ3n) is 6.36. The van der Waals surface area contributed by atoms with Gasteiger partial charge in [-0.2, -0.15) is 11.3 Å². The molecule has 0 unspecified atom stereocenters. The molecule has 0 saturated heterocycles. The van der Waals surface area contributed by atoms with Gasteiger partial charge >= 0.3 is 5.97 Å². The molecule has 0 radical (unpaired) electrons. The number of ether oxygens (including phenoxy) is 1. The van der Waals surface area contributed by atoms with Gasteiger partial charge in [0.05, 0.1) is 0 Å². The number of anilines is 1. The van der Waals surface area contributed by atoms with Crippen LogP contribution in [-0.2, 0) is 6.61 Å². The maximum atomic E-state index is 13.7. The highest BCUT2D eigenvalue weighted by atomic mass is 32.1. The fourth-order valence-corrected chi connectivity index (χ4v) is 5.20. The highest BCUT2D eigenvalue weighted by molar-refractivity contribution is 7.08. The second kappa shape index (κ2) is 11.0. The number of primary amides is 1. The number of benzene rings is 2. The Labute approximate surface area is 232 Å². The standard InChI is InChI=1S/C29H24N4O6S/c1-2-9-31-28(36)23-8-7-18(25(33-23)29(37)38)19-11-24-20(22-14-40-13-16(22)12-39-24)10-21(19)27(35)32-17-5-3-15(4-6-17)26(30)34/h3-8,10-11,13-14H,2,9,12H2,1H3,(H2,30,34)(H,31,36)(H,32,35)(H,37,38). The van der Waals surface area contributed by atoms with Gasteiger partial charge in [-0.05, 0) is 65.7 Å². The third-order valence-corrected chi connectivity index (χ3v) is 7.16. The van der Waals surface area contributed by atoms with E-state index in [1.807, 2.05) is 17.7 Å². The summed E-state index contributed by atoms with van der Waals surface area (Å²) in [6.07, 6.45) is 0.709. The average molecular weight is 557 g/mol. The Hall–Kier alpha value is -5.03. The Morgan fingerprint density at radius 3 is 2.45 bits per heavy atom. The number of amides is 3. The van der Waals surface area contributed by atoms with Gasteiger partial charge in [-0.25, -0.2) is 9.78 Å². The number of nitrogens with two attached hydrogens (primary N) is 1. The van der Waals surface area contributed by atoms with Crippen molar-refractivity contribution in [2.24, 2.45) is 5.73 Å². The van der Waals surface area contributed by atoms with Crippen molar-refractivity contribution in [2.45, 2.75) is 20.0 Å². The van der Waals surface area contributed by atoms with E-state index in [1.54, 1.807) is 24.3 Å². The Morgan fingerprint density at radius 1 is 0.975 bits per heavy atom. The summed E-state index contributed by atoms with van der Waals surface area (Å²) in [4.78, 5) is 54.0. The first kappa shape index (κ1) is 26.6. The number of carboxylic acids is 1. The van der Waals surface area contributed by atoms with Crippen LogP contribution in [0, 0.1) is 0 Å².